The van der Waals surface area contributed by atoms with Crippen molar-refractivity contribution in [1.82, 2.24) is 0 Å². The third-order valence-corrected chi connectivity index (χ3v) is 5.16. The summed E-state index contributed by atoms with van der Waals surface area (Å²) >= 11 is 0. The summed E-state index contributed by atoms with van der Waals surface area (Å²) in [6, 6.07) is 12.1. The van der Waals surface area contributed by atoms with Gasteiger partial charge in [-0.3, -0.25) is 14.8 Å². The maximum absolute atomic E-state index is 13.2. The van der Waals surface area contributed by atoms with E-state index in [4.69, 9.17) is 9.62 Å². The zero-order chi connectivity index (χ0) is 19.4. The van der Waals surface area contributed by atoms with Crippen molar-refractivity contribution < 1.29 is 24.5 Å². The van der Waals surface area contributed by atoms with Gasteiger partial charge < -0.3 is 4.74 Å². The third kappa shape index (κ3) is 3.29. The summed E-state index contributed by atoms with van der Waals surface area (Å²) < 4.78 is 5.53. The molecular formula is C22H24O5. The SMILES string of the molecule is CCCCCC(=O)Oc1cccc2c1C(=O)c1ccccc1C2(CC)OO. The first-order valence-corrected chi connectivity index (χ1v) is 9.40. The third-order valence-electron chi connectivity index (χ3n) is 5.16. The van der Waals surface area contributed by atoms with Crippen molar-refractivity contribution in [3.05, 3.63) is 64.7 Å². The highest BCUT2D eigenvalue weighted by Gasteiger charge is 2.45. The molecule has 0 spiro atoms. The van der Waals surface area contributed by atoms with Crippen LogP contribution in [-0.4, -0.2) is 17.0 Å². The predicted octanol–water partition coefficient (Wildman–Crippen LogP) is 4.86. The number of carbonyl (C=O) groups excluding carboxylic acids is 2. The normalized spacial score (nSPS) is 18.0. The molecule has 0 saturated carbocycles. The van der Waals surface area contributed by atoms with Crippen LogP contribution in [0.5, 0.6) is 5.75 Å². The first-order valence-electron chi connectivity index (χ1n) is 9.40. The van der Waals surface area contributed by atoms with Gasteiger partial charge in [0.1, 0.15) is 5.75 Å². The number of hydrogen-bond donors (Lipinski definition) is 1. The number of ether oxygens (including phenoxy) is 1. The van der Waals surface area contributed by atoms with E-state index in [1.54, 1.807) is 42.5 Å². The van der Waals surface area contributed by atoms with Gasteiger partial charge in [0.05, 0.1) is 5.56 Å². The minimum absolute atomic E-state index is 0.211. The maximum atomic E-state index is 13.2. The lowest BCUT2D eigenvalue weighted by molar-refractivity contribution is -0.316. The molecule has 0 heterocycles. The summed E-state index contributed by atoms with van der Waals surface area (Å²) in [7, 11) is 0. The Morgan fingerprint density at radius 1 is 1.04 bits per heavy atom. The summed E-state index contributed by atoms with van der Waals surface area (Å²) in [5.41, 5.74) is 0.657. The van der Waals surface area contributed by atoms with Crippen molar-refractivity contribution in [2.75, 3.05) is 0 Å². The van der Waals surface area contributed by atoms with Gasteiger partial charge >= 0.3 is 5.97 Å². The van der Waals surface area contributed by atoms with E-state index in [9.17, 15) is 14.8 Å². The second kappa shape index (κ2) is 8.03. The Balaban J connectivity index is 2.07. The molecule has 142 valence electrons. The molecule has 0 radical (unpaired) electrons. The van der Waals surface area contributed by atoms with Crippen molar-refractivity contribution in [3.63, 3.8) is 0 Å². The molecule has 2 aromatic carbocycles. The highest BCUT2D eigenvalue weighted by atomic mass is 17.1. The second-order valence-electron chi connectivity index (χ2n) is 6.76. The Morgan fingerprint density at radius 3 is 2.48 bits per heavy atom. The van der Waals surface area contributed by atoms with Crippen LogP contribution in [0.2, 0.25) is 0 Å². The zero-order valence-electron chi connectivity index (χ0n) is 15.7. The molecule has 5 heteroatoms. The first kappa shape index (κ1) is 19.3. The molecule has 0 saturated heterocycles. The van der Waals surface area contributed by atoms with Gasteiger partial charge in [-0.2, -0.15) is 0 Å². The lowest BCUT2D eigenvalue weighted by atomic mass is 9.72. The summed E-state index contributed by atoms with van der Waals surface area (Å²) in [5.74, 6) is -0.391. The topological polar surface area (TPSA) is 72.8 Å². The molecule has 1 aliphatic rings. The number of hydrogen-bond acceptors (Lipinski definition) is 5. The Hall–Kier alpha value is -2.50. The van der Waals surface area contributed by atoms with Crippen LogP contribution >= 0.6 is 0 Å². The molecule has 27 heavy (non-hydrogen) atoms. The van der Waals surface area contributed by atoms with Gasteiger partial charge in [0.25, 0.3) is 0 Å². The Bertz CT molecular complexity index is 852. The fourth-order valence-electron chi connectivity index (χ4n) is 3.74. The van der Waals surface area contributed by atoms with Crippen LogP contribution in [0.1, 0.15) is 73.0 Å². The molecule has 2 aromatic rings. The summed E-state index contributed by atoms with van der Waals surface area (Å²) in [5, 5.41) is 9.82. The van der Waals surface area contributed by atoms with Crippen LogP contribution in [0.4, 0.5) is 0 Å². The van der Waals surface area contributed by atoms with Gasteiger partial charge in [-0.15, -0.1) is 0 Å². The van der Waals surface area contributed by atoms with E-state index in [0.717, 1.165) is 19.3 Å². The number of ketones is 1. The van der Waals surface area contributed by atoms with Crippen LogP contribution in [-0.2, 0) is 15.3 Å². The minimum Gasteiger partial charge on any atom is -0.426 e. The molecule has 1 unspecified atom stereocenters. The van der Waals surface area contributed by atoms with E-state index in [2.05, 4.69) is 6.92 Å². The summed E-state index contributed by atoms with van der Waals surface area (Å²) in [6.07, 6.45) is 3.42. The zero-order valence-corrected chi connectivity index (χ0v) is 15.7. The highest BCUT2D eigenvalue weighted by molar-refractivity contribution is 6.15. The largest absolute Gasteiger partial charge is 0.426 e. The van der Waals surface area contributed by atoms with Gasteiger partial charge in [0, 0.05) is 23.1 Å². The molecule has 5 nitrogen and oxygen atoms in total. The molecule has 1 aliphatic carbocycles. The van der Waals surface area contributed by atoms with Crippen LogP contribution in [0.3, 0.4) is 0 Å². The van der Waals surface area contributed by atoms with Crippen LogP contribution < -0.4 is 4.74 Å². The second-order valence-corrected chi connectivity index (χ2v) is 6.76. The molecule has 0 aliphatic heterocycles. The number of rotatable bonds is 7. The smallest absolute Gasteiger partial charge is 0.311 e. The average Bonchev–Trinajstić information content (AvgIpc) is 2.69. The molecule has 3 rings (SSSR count). The number of esters is 1. The van der Waals surface area contributed by atoms with E-state index >= 15 is 0 Å². The Labute approximate surface area is 158 Å². The lowest BCUT2D eigenvalue weighted by Crippen LogP contribution is -2.37. The first-order chi connectivity index (χ1) is 13.1. The fraction of sp³-hybridized carbons (Fsp3) is 0.364. The van der Waals surface area contributed by atoms with Crippen LogP contribution in [0.15, 0.2) is 42.5 Å². The van der Waals surface area contributed by atoms with E-state index in [0.29, 0.717) is 29.5 Å². The van der Waals surface area contributed by atoms with Crippen LogP contribution in [0.25, 0.3) is 0 Å². The Kier molecular flexibility index (Phi) is 5.73. The van der Waals surface area contributed by atoms with Crippen molar-refractivity contribution >= 4 is 11.8 Å². The van der Waals surface area contributed by atoms with Gasteiger partial charge in [0.15, 0.2) is 11.4 Å². The summed E-state index contributed by atoms with van der Waals surface area (Å²) in [6.45, 7) is 3.93. The van der Waals surface area contributed by atoms with E-state index in [1.165, 1.54) is 0 Å². The van der Waals surface area contributed by atoms with Crippen molar-refractivity contribution in [1.29, 1.82) is 0 Å². The molecule has 1 atom stereocenters. The predicted molar refractivity (Wildman–Crippen MR) is 101 cm³/mol. The maximum Gasteiger partial charge on any atom is 0.311 e. The fourth-order valence-corrected chi connectivity index (χ4v) is 3.74. The van der Waals surface area contributed by atoms with Crippen molar-refractivity contribution in [2.45, 2.75) is 51.6 Å². The van der Waals surface area contributed by atoms with E-state index in [1.807, 2.05) is 6.92 Å². The average molecular weight is 368 g/mol. The molecule has 0 bridgehead atoms. The molecule has 0 amide bonds. The number of benzene rings is 2. The number of unbranched alkanes of at least 4 members (excludes halogenated alkanes) is 2. The van der Waals surface area contributed by atoms with Crippen LogP contribution in [0, 0.1) is 0 Å². The van der Waals surface area contributed by atoms with Gasteiger partial charge in [-0.25, -0.2) is 4.89 Å². The van der Waals surface area contributed by atoms with E-state index < -0.39 is 5.60 Å². The molecule has 0 aromatic heterocycles. The standard InChI is InChI=1S/C22H24O5/c1-3-5-6-14-19(23)26-18-13-9-12-17-20(18)21(24)15-10-7-8-11-16(15)22(17,4-2)27-25/h7-13,25H,3-6,14H2,1-2H3. The minimum atomic E-state index is -1.18. The number of carbonyl (C=O) groups is 2. The van der Waals surface area contributed by atoms with Crippen molar-refractivity contribution in [3.8, 4) is 5.75 Å². The molecular weight excluding hydrogens is 344 g/mol. The lowest BCUT2D eigenvalue weighted by Gasteiger charge is -2.37. The Morgan fingerprint density at radius 2 is 1.78 bits per heavy atom. The van der Waals surface area contributed by atoms with E-state index in [-0.39, 0.29) is 23.1 Å². The molecule has 0 fully saturated rings. The van der Waals surface area contributed by atoms with Gasteiger partial charge in [-0.1, -0.05) is 63.1 Å². The highest BCUT2D eigenvalue weighted by Crippen LogP contribution is 2.46. The van der Waals surface area contributed by atoms with Crippen molar-refractivity contribution in [2.24, 2.45) is 0 Å². The number of fused-ring (bicyclic) bond motifs is 2. The molecule has 1 N–H and O–H groups in total. The van der Waals surface area contributed by atoms with Gasteiger partial charge in [-0.05, 0) is 18.9 Å². The monoisotopic (exact) mass is 368 g/mol. The quantitative estimate of drug-likeness (QED) is 0.248. The van der Waals surface area contributed by atoms with Gasteiger partial charge in [0.2, 0.25) is 0 Å². The summed E-state index contributed by atoms with van der Waals surface area (Å²) in [4.78, 5) is 30.3.